The number of carbonyl (C=O) groups is 1. The maximum atomic E-state index is 14.8. The number of carbonyl (C=O) groups excluding carboxylic acids is 1. The van der Waals surface area contributed by atoms with Gasteiger partial charge in [-0.15, -0.1) is 0 Å². The van der Waals surface area contributed by atoms with Crippen molar-refractivity contribution in [3.8, 4) is 5.69 Å². The average molecular weight is 387 g/mol. The fourth-order valence-corrected chi connectivity index (χ4v) is 3.14. The molecule has 1 heterocycles. The Kier molecular flexibility index (Phi) is 4.56. The first-order valence-electron chi connectivity index (χ1n) is 8.93. The predicted molar refractivity (Wildman–Crippen MR) is 111 cm³/mol. The van der Waals surface area contributed by atoms with Crippen LogP contribution in [0.1, 0.15) is 21.7 Å². The number of halogens is 1. The van der Waals surface area contributed by atoms with Crippen LogP contribution in [0.5, 0.6) is 0 Å². The van der Waals surface area contributed by atoms with E-state index in [0.717, 1.165) is 10.8 Å². The van der Waals surface area contributed by atoms with Crippen molar-refractivity contribution < 1.29 is 9.18 Å². The number of fused-ring (bicyclic) bond motifs is 1. The monoisotopic (exact) mass is 387 g/mol. The molecule has 4 rings (SSSR count). The van der Waals surface area contributed by atoms with Gasteiger partial charge in [-0.1, -0.05) is 24.3 Å². The standard InChI is InChI=1S/C22H18FN5O/c1-13-10-20(22(29)26-17-8-6-14(7-9-17)21(24)25)28(27-13)19-12-16-5-3-2-4-15(16)11-18(19)23/h2-12H,1H3,(H3,24,25)(H,26,29). The summed E-state index contributed by atoms with van der Waals surface area (Å²) in [6.45, 7) is 1.74. The van der Waals surface area contributed by atoms with Crippen molar-refractivity contribution in [1.82, 2.24) is 9.78 Å². The van der Waals surface area contributed by atoms with Crippen molar-refractivity contribution in [2.24, 2.45) is 5.73 Å². The second kappa shape index (κ2) is 7.20. The summed E-state index contributed by atoms with van der Waals surface area (Å²) in [5, 5.41) is 16.1. The lowest BCUT2D eigenvalue weighted by atomic mass is 10.1. The van der Waals surface area contributed by atoms with Crippen molar-refractivity contribution in [3.63, 3.8) is 0 Å². The van der Waals surface area contributed by atoms with Gasteiger partial charge in [0.25, 0.3) is 5.91 Å². The molecule has 0 atom stereocenters. The van der Waals surface area contributed by atoms with Crippen LogP contribution >= 0.6 is 0 Å². The van der Waals surface area contributed by atoms with Gasteiger partial charge in [-0.3, -0.25) is 10.2 Å². The third kappa shape index (κ3) is 3.58. The van der Waals surface area contributed by atoms with Crippen LogP contribution in [0.15, 0.2) is 66.7 Å². The molecule has 4 N–H and O–H groups in total. The SMILES string of the molecule is Cc1cc(C(=O)Nc2ccc(C(=N)N)cc2)n(-c2cc3ccccc3cc2F)n1. The highest BCUT2D eigenvalue weighted by atomic mass is 19.1. The molecule has 0 saturated carbocycles. The van der Waals surface area contributed by atoms with Crippen LogP contribution in [0.3, 0.4) is 0 Å². The average Bonchev–Trinajstić information content (AvgIpc) is 3.09. The minimum Gasteiger partial charge on any atom is -0.384 e. The van der Waals surface area contributed by atoms with Crippen molar-refractivity contribution in [2.45, 2.75) is 6.92 Å². The molecule has 0 fully saturated rings. The smallest absolute Gasteiger partial charge is 0.274 e. The van der Waals surface area contributed by atoms with E-state index in [1.165, 1.54) is 10.7 Å². The van der Waals surface area contributed by atoms with Gasteiger partial charge in [-0.05, 0) is 60.2 Å². The highest BCUT2D eigenvalue weighted by Gasteiger charge is 2.18. The van der Waals surface area contributed by atoms with Gasteiger partial charge in [0.1, 0.15) is 23.0 Å². The fourth-order valence-electron chi connectivity index (χ4n) is 3.14. The molecule has 4 aromatic rings. The molecule has 0 aliphatic heterocycles. The van der Waals surface area contributed by atoms with Gasteiger partial charge in [0, 0.05) is 11.3 Å². The molecule has 7 heteroatoms. The number of nitrogen functional groups attached to an aromatic ring is 1. The molecule has 144 valence electrons. The Bertz CT molecular complexity index is 1240. The number of aromatic nitrogens is 2. The van der Waals surface area contributed by atoms with Crippen LogP contribution in [0.4, 0.5) is 10.1 Å². The first-order chi connectivity index (χ1) is 13.9. The van der Waals surface area contributed by atoms with Crippen molar-refractivity contribution in [1.29, 1.82) is 5.41 Å². The minimum atomic E-state index is -0.466. The maximum Gasteiger partial charge on any atom is 0.274 e. The molecule has 3 aromatic carbocycles. The predicted octanol–water partition coefficient (Wildman–Crippen LogP) is 4.01. The van der Waals surface area contributed by atoms with E-state index in [0.29, 0.717) is 16.9 Å². The van der Waals surface area contributed by atoms with E-state index in [-0.39, 0.29) is 17.2 Å². The Morgan fingerprint density at radius 3 is 2.38 bits per heavy atom. The molecule has 0 aliphatic rings. The van der Waals surface area contributed by atoms with Gasteiger partial charge in [-0.25, -0.2) is 9.07 Å². The molecular formula is C22H18FN5O. The summed E-state index contributed by atoms with van der Waals surface area (Å²) in [6.07, 6.45) is 0. The second-order valence-electron chi connectivity index (χ2n) is 6.68. The molecule has 1 aromatic heterocycles. The van der Waals surface area contributed by atoms with Gasteiger partial charge in [0.15, 0.2) is 0 Å². The van der Waals surface area contributed by atoms with Crippen molar-refractivity contribution >= 4 is 28.2 Å². The topological polar surface area (TPSA) is 96.8 Å². The number of nitrogens with one attached hydrogen (secondary N) is 2. The highest BCUT2D eigenvalue weighted by Crippen LogP contribution is 2.24. The molecule has 0 saturated heterocycles. The zero-order chi connectivity index (χ0) is 20.5. The normalized spacial score (nSPS) is 10.8. The lowest BCUT2D eigenvalue weighted by Gasteiger charge is -2.11. The summed E-state index contributed by atoms with van der Waals surface area (Å²) in [6, 6.07) is 18.7. The Balaban J connectivity index is 1.70. The van der Waals surface area contributed by atoms with Crippen LogP contribution in [0.2, 0.25) is 0 Å². The molecule has 1 amide bonds. The van der Waals surface area contributed by atoms with Crippen LogP contribution in [0.25, 0.3) is 16.5 Å². The second-order valence-corrected chi connectivity index (χ2v) is 6.68. The van der Waals surface area contributed by atoms with Gasteiger partial charge < -0.3 is 11.1 Å². The summed E-state index contributed by atoms with van der Waals surface area (Å²) in [7, 11) is 0. The number of benzene rings is 3. The number of rotatable bonds is 4. The van der Waals surface area contributed by atoms with E-state index in [1.54, 1.807) is 43.3 Å². The molecule has 0 spiro atoms. The third-order valence-corrected chi connectivity index (χ3v) is 4.56. The molecule has 0 radical (unpaired) electrons. The van der Waals surface area contributed by atoms with E-state index < -0.39 is 11.7 Å². The largest absolute Gasteiger partial charge is 0.384 e. The fraction of sp³-hybridized carbons (Fsp3) is 0.0455. The van der Waals surface area contributed by atoms with Crippen LogP contribution in [-0.2, 0) is 0 Å². The van der Waals surface area contributed by atoms with Crippen molar-refractivity contribution in [2.75, 3.05) is 5.32 Å². The zero-order valence-corrected chi connectivity index (χ0v) is 15.6. The number of amidine groups is 1. The molecule has 29 heavy (non-hydrogen) atoms. The Morgan fingerprint density at radius 1 is 1.07 bits per heavy atom. The Labute approximate surface area is 166 Å². The van der Waals surface area contributed by atoms with E-state index in [4.69, 9.17) is 11.1 Å². The van der Waals surface area contributed by atoms with E-state index in [1.807, 2.05) is 24.3 Å². The number of hydrogen-bond donors (Lipinski definition) is 3. The summed E-state index contributed by atoms with van der Waals surface area (Å²) in [4.78, 5) is 12.9. The Morgan fingerprint density at radius 2 is 1.72 bits per heavy atom. The van der Waals surface area contributed by atoms with Gasteiger partial charge in [0.05, 0.1) is 5.69 Å². The number of nitrogens with zero attached hydrogens (tertiary/aromatic N) is 2. The van der Waals surface area contributed by atoms with E-state index >= 15 is 0 Å². The van der Waals surface area contributed by atoms with Crippen LogP contribution in [-0.4, -0.2) is 21.5 Å². The van der Waals surface area contributed by atoms with E-state index in [9.17, 15) is 9.18 Å². The zero-order valence-electron chi connectivity index (χ0n) is 15.6. The number of anilines is 1. The lowest BCUT2D eigenvalue weighted by molar-refractivity contribution is 0.101. The molecule has 0 unspecified atom stereocenters. The number of aryl methyl sites for hydroxylation is 1. The molecule has 0 aliphatic carbocycles. The first kappa shape index (κ1) is 18.4. The lowest BCUT2D eigenvalue weighted by Crippen LogP contribution is -2.18. The number of nitrogens with two attached hydrogens (primary N) is 1. The highest BCUT2D eigenvalue weighted by molar-refractivity contribution is 6.04. The van der Waals surface area contributed by atoms with Crippen LogP contribution in [0, 0.1) is 18.2 Å². The summed E-state index contributed by atoms with van der Waals surface area (Å²) in [5.74, 6) is -0.941. The summed E-state index contributed by atoms with van der Waals surface area (Å²) < 4.78 is 16.1. The minimum absolute atomic E-state index is 0.0524. The summed E-state index contributed by atoms with van der Waals surface area (Å²) >= 11 is 0. The third-order valence-electron chi connectivity index (χ3n) is 4.56. The van der Waals surface area contributed by atoms with Crippen molar-refractivity contribution in [3.05, 3.63) is 89.5 Å². The first-order valence-corrected chi connectivity index (χ1v) is 8.93. The number of amides is 1. The van der Waals surface area contributed by atoms with Crippen LogP contribution < -0.4 is 11.1 Å². The summed E-state index contributed by atoms with van der Waals surface area (Å²) in [5.41, 5.74) is 7.55. The Hall–Kier alpha value is -4.00. The molecular weight excluding hydrogens is 369 g/mol. The van der Waals surface area contributed by atoms with Gasteiger partial charge >= 0.3 is 0 Å². The number of hydrogen-bond acceptors (Lipinski definition) is 3. The maximum absolute atomic E-state index is 14.8. The molecule has 6 nitrogen and oxygen atoms in total. The van der Waals surface area contributed by atoms with Gasteiger partial charge in [-0.2, -0.15) is 5.10 Å². The molecule has 0 bridgehead atoms. The quantitative estimate of drug-likeness (QED) is 0.365. The van der Waals surface area contributed by atoms with E-state index in [2.05, 4.69) is 10.4 Å². The van der Waals surface area contributed by atoms with Gasteiger partial charge in [0.2, 0.25) is 0 Å².